The van der Waals surface area contributed by atoms with Gasteiger partial charge in [0.15, 0.2) is 0 Å². The fourth-order valence-electron chi connectivity index (χ4n) is 5.77. The van der Waals surface area contributed by atoms with Crippen molar-refractivity contribution in [2.24, 2.45) is 5.92 Å². The van der Waals surface area contributed by atoms with E-state index in [1.54, 1.807) is 13.3 Å². The third-order valence-corrected chi connectivity index (χ3v) is 8.42. The number of hydrogen-bond acceptors (Lipinski definition) is 4. The van der Waals surface area contributed by atoms with Gasteiger partial charge in [-0.05, 0) is 60.7 Å². The molecule has 0 saturated carbocycles. The molecule has 0 saturated heterocycles. The molecule has 6 heteroatoms. The minimum absolute atomic E-state index is 0. The Bertz CT molecular complexity index is 1600. The second-order valence-electron chi connectivity index (χ2n) is 11.1. The summed E-state index contributed by atoms with van der Waals surface area (Å²) in [6.07, 6.45) is 4.98. The number of fused-ring (bicyclic) bond motifs is 3. The minimum Gasteiger partial charge on any atom is -0.497 e. The second-order valence-corrected chi connectivity index (χ2v) is 11.1. The van der Waals surface area contributed by atoms with Crippen molar-refractivity contribution in [1.82, 2.24) is 9.97 Å². The predicted octanol–water partition coefficient (Wildman–Crippen LogP) is 7.78. The van der Waals surface area contributed by atoms with E-state index in [4.69, 9.17) is 9.72 Å². The van der Waals surface area contributed by atoms with Crippen LogP contribution in [-0.2, 0) is 6.54 Å². The van der Waals surface area contributed by atoms with E-state index >= 15 is 0 Å². The Labute approximate surface area is 275 Å². The van der Waals surface area contributed by atoms with Gasteiger partial charge in [-0.2, -0.15) is 0 Å². The number of hydrogen-bond donors (Lipinski definition) is 1. The number of aliphatic hydroxyl groups is 1. The molecular weight excluding hydrogens is 726 g/mol. The summed E-state index contributed by atoms with van der Waals surface area (Å²) in [5.74, 6) is 1.24. The van der Waals surface area contributed by atoms with Gasteiger partial charge >= 0.3 is 0 Å². The smallest absolute Gasteiger partial charge is 0.119 e. The summed E-state index contributed by atoms with van der Waals surface area (Å²) in [6.45, 7) is 9.95. The van der Waals surface area contributed by atoms with Crippen LogP contribution in [0.2, 0.25) is 0 Å². The van der Waals surface area contributed by atoms with E-state index in [2.05, 4.69) is 68.9 Å². The fraction of sp³-hybridized carbons (Fsp3) is 0.286. The Morgan fingerprint density at radius 1 is 0.976 bits per heavy atom. The monoisotopic (exact) mass is 765 g/mol. The summed E-state index contributed by atoms with van der Waals surface area (Å²) in [4.78, 5) is 9.49. The summed E-state index contributed by atoms with van der Waals surface area (Å²) < 4.78 is 6.09. The van der Waals surface area contributed by atoms with Gasteiger partial charge in [0.25, 0.3) is 0 Å². The molecule has 2 aromatic heterocycles. The molecule has 210 valence electrons. The molecule has 0 radical (unpaired) electrons. The van der Waals surface area contributed by atoms with E-state index in [-0.39, 0.29) is 39.9 Å². The van der Waals surface area contributed by atoms with Crippen LogP contribution in [0.4, 0.5) is 0 Å². The molecule has 5 nitrogen and oxygen atoms in total. The van der Waals surface area contributed by atoms with Crippen molar-refractivity contribution in [3.8, 4) is 5.75 Å². The topological polar surface area (TPSA) is 55.2 Å². The molecule has 5 rings (SSSR count). The number of pyridine rings is 2. The molecule has 3 atom stereocenters. The zero-order valence-corrected chi connectivity index (χ0v) is 28.6. The number of aliphatic hydroxyl groups excluding tert-OH is 1. The predicted molar refractivity (Wildman–Crippen MR) is 165 cm³/mol. The molecule has 0 bridgehead atoms. The molecule has 0 aliphatic carbocycles. The average molecular weight is 766 g/mol. The standard InChI is InChI=1S/C35H39N3O2.Th/c1-6-11-24(2)19-21-38(4,23-31-27-12-7-9-14-33(27)37-34-15-10-8-13-28(31)34)25(3)35(39)29-18-20-36-32-17-16-26(40-5)22-30(29)32;/h6-10,12-18,20,22,24,35,39H,1,11,19,21,23H2,2-5H3;/t24-,35+,38?;/m1./s1. The van der Waals surface area contributed by atoms with Crippen molar-refractivity contribution >= 4 is 32.7 Å². The minimum atomic E-state index is -0.781. The van der Waals surface area contributed by atoms with Crippen LogP contribution in [0.5, 0.6) is 5.75 Å². The van der Waals surface area contributed by atoms with E-state index < -0.39 is 6.10 Å². The molecule has 3 aromatic carbocycles. The quantitative estimate of drug-likeness (QED) is 0.0647. The second kappa shape index (κ2) is 13.7. The number of ether oxygens (including phenoxy) is 1. The van der Waals surface area contributed by atoms with Crippen LogP contribution in [0.15, 0.2) is 91.6 Å². The van der Waals surface area contributed by atoms with E-state index in [1.165, 1.54) is 5.56 Å². The number of aromatic nitrogens is 2. The van der Waals surface area contributed by atoms with Crippen LogP contribution < -0.4 is 4.74 Å². The number of likely N-dealkylation sites (N-methyl/N-ethyl adjacent to an activating group) is 1. The van der Waals surface area contributed by atoms with Gasteiger partial charge in [-0.3, -0.25) is 4.98 Å². The Balaban J connectivity index is 0.00000387. The van der Waals surface area contributed by atoms with E-state index in [1.807, 2.05) is 42.5 Å². The van der Waals surface area contributed by atoms with Gasteiger partial charge in [0.1, 0.15) is 5.75 Å². The summed E-state index contributed by atoms with van der Waals surface area (Å²) in [6, 6.07) is 25.5. The molecule has 0 aliphatic rings. The van der Waals surface area contributed by atoms with Crippen molar-refractivity contribution < 1.29 is 54.3 Å². The Morgan fingerprint density at radius 2 is 1.63 bits per heavy atom. The van der Waals surface area contributed by atoms with Gasteiger partial charge in [-0.1, -0.05) is 55.4 Å². The largest absolute Gasteiger partial charge is 0.497 e. The van der Waals surface area contributed by atoms with E-state index in [0.29, 0.717) is 10.4 Å². The number of rotatable bonds is 11. The maximum Gasteiger partial charge on any atom is 0.119 e. The zero-order chi connectivity index (χ0) is 28.3. The molecule has 41 heavy (non-hydrogen) atoms. The Kier molecular flexibility index (Phi) is 10.5. The molecule has 1 unspecified atom stereocenters. The molecular formula is C35H39N3O2Th. The first-order chi connectivity index (χ1) is 19.3. The van der Waals surface area contributed by atoms with Crippen molar-refractivity contribution in [2.75, 3.05) is 20.7 Å². The van der Waals surface area contributed by atoms with Crippen LogP contribution in [0, 0.1) is 51.9 Å². The Morgan fingerprint density at radius 3 is 2.27 bits per heavy atom. The SMILES string of the molecule is C=CC[C@@H](C)CC[N+](C)(Cc1c2ccccc2nc2ccccc12)[C-](C)[C@H](O)c1ccnc2ccc(OC)cc12.[Th]. The van der Waals surface area contributed by atoms with Crippen LogP contribution in [0.1, 0.15) is 43.9 Å². The molecule has 0 fully saturated rings. The molecule has 1 N–H and O–H groups in total. The number of para-hydroxylation sites is 2. The summed E-state index contributed by atoms with van der Waals surface area (Å²) >= 11 is 0. The summed E-state index contributed by atoms with van der Waals surface area (Å²) in [5.41, 5.74) is 4.92. The van der Waals surface area contributed by atoms with Gasteiger partial charge in [0.2, 0.25) is 0 Å². The summed E-state index contributed by atoms with van der Waals surface area (Å²) in [5, 5.41) is 15.2. The van der Waals surface area contributed by atoms with Crippen molar-refractivity contribution in [3.05, 3.63) is 109 Å². The first-order valence-corrected chi connectivity index (χ1v) is 14.0. The van der Waals surface area contributed by atoms with Crippen LogP contribution in [0.25, 0.3) is 32.7 Å². The zero-order valence-electron chi connectivity index (χ0n) is 24.5. The van der Waals surface area contributed by atoms with Crippen LogP contribution >= 0.6 is 0 Å². The number of allylic oxidation sites excluding steroid dienone is 1. The maximum absolute atomic E-state index is 12.0. The first-order valence-electron chi connectivity index (χ1n) is 14.0. The maximum atomic E-state index is 12.0. The van der Waals surface area contributed by atoms with Crippen molar-refractivity contribution in [1.29, 1.82) is 0 Å². The molecule has 0 aliphatic heterocycles. The van der Waals surface area contributed by atoms with Gasteiger partial charge in [0.05, 0.1) is 36.7 Å². The van der Waals surface area contributed by atoms with Gasteiger partial charge in [-0.15, -0.1) is 13.5 Å². The van der Waals surface area contributed by atoms with E-state index in [0.717, 1.165) is 76.0 Å². The number of quaternary nitrogens is 1. The summed E-state index contributed by atoms with van der Waals surface area (Å²) in [7, 11) is 3.92. The third kappa shape index (κ3) is 6.63. The van der Waals surface area contributed by atoms with Crippen LogP contribution in [-0.4, -0.2) is 40.3 Å². The number of methoxy groups -OCH3 is 1. The molecule has 2 heterocycles. The molecule has 0 amide bonds. The molecule has 5 aromatic rings. The van der Waals surface area contributed by atoms with Gasteiger partial charge in [-0.25, -0.2) is 4.98 Å². The first kappa shape index (κ1) is 31.5. The van der Waals surface area contributed by atoms with Gasteiger partial charge < -0.3 is 14.3 Å². The third-order valence-electron chi connectivity index (χ3n) is 8.42. The average Bonchev–Trinajstić information content (AvgIpc) is 2.98. The van der Waals surface area contributed by atoms with Crippen molar-refractivity contribution in [2.45, 2.75) is 39.3 Å². The Hall–Kier alpha value is -2.48. The number of benzene rings is 3. The van der Waals surface area contributed by atoms with E-state index in [9.17, 15) is 5.11 Å². The fourth-order valence-corrected chi connectivity index (χ4v) is 5.77. The van der Waals surface area contributed by atoms with Crippen molar-refractivity contribution in [3.63, 3.8) is 0 Å². The van der Waals surface area contributed by atoms with Crippen LogP contribution in [0.3, 0.4) is 0 Å². The van der Waals surface area contributed by atoms with Gasteiger partial charge in [0, 0.05) is 81.0 Å². The molecule has 0 spiro atoms. The number of nitrogens with zero attached hydrogens (tertiary/aromatic N) is 3. The normalized spacial score (nSPS) is 14.5.